The highest BCUT2D eigenvalue weighted by atomic mass is 32.2. The first-order valence-corrected chi connectivity index (χ1v) is 10.3. The Hall–Kier alpha value is -2.29. The summed E-state index contributed by atoms with van der Waals surface area (Å²) in [4.78, 5) is 0. The van der Waals surface area contributed by atoms with Gasteiger partial charge in [0.2, 0.25) is 10.0 Å². The van der Waals surface area contributed by atoms with Crippen LogP contribution in [0.15, 0.2) is 42.5 Å². The predicted molar refractivity (Wildman–Crippen MR) is 106 cm³/mol. The number of hydrogen-bond acceptors (Lipinski definition) is 6. The van der Waals surface area contributed by atoms with Crippen molar-refractivity contribution in [1.82, 2.24) is 5.32 Å². The summed E-state index contributed by atoms with van der Waals surface area (Å²) in [6.07, 6.45) is 0.109. The minimum Gasteiger partial charge on any atom is -0.506 e. The summed E-state index contributed by atoms with van der Waals surface area (Å²) in [7, 11) is -1.93. The normalized spacial score (nSPS) is 13.2. The van der Waals surface area contributed by atoms with Crippen molar-refractivity contribution in [2.75, 3.05) is 24.6 Å². The van der Waals surface area contributed by atoms with Crippen LogP contribution in [0.5, 0.6) is 11.5 Å². The monoisotopic (exact) mass is 394 g/mol. The van der Waals surface area contributed by atoms with Crippen LogP contribution in [0.1, 0.15) is 31.1 Å². The van der Waals surface area contributed by atoms with Crippen LogP contribution in [0.3, 0.4) is 0 Å². The van der Waals surface area contributed by atoms with E-state index in [-0.39, 0.29) is 18.0 Å². The summed E-state index contributed by atoms with van der Waals surface area (Å²) in [6, 6.07) is 12.0. The molecular formula is C19H26N2O5S. The van der Waals surface area contributed by atoms with Crippen LogP contribution in [0, 0.1) is 0 Å². The van der Waals surface area contributed by atoms with Gasteiger partial charge in [-0.1, -0.05) is 18.2 Å². The molecular weight excluding hydrogens is 368 g/mol. The highest BCUT2D eigenvalue weighted by Crippen LogP contribution is 2.29. The molecule has 2 aromatic rings. The predicted octanol–water partition coefficient (Wildman–Crippen LogP) is 2.33. The number of aliphatic hydroxyl groups excluding tert-OH is 1. The molecule has 0 radical (unpaired) electrons. The van der Waals surface area contributed by atoms with Gasteiger partial charge in [-0.3, -0.25) is 4.72 Å². The molecule has 8 heteroatoms. The van der Waals surface area contributed by atoms with E-state index in [9.17, 15) is 18.6 Å². The first-order valence-electron chi connectivity index (χ1n) is 8.40. The van der Waals surface area contributed by atoms with Crippen molar-refractivity contribution in [3.05, 3.63) is 53.6 Å². The SMILES string of the molecule is COc1ccc(C(C)(C)NC[C@H](O)c2ccc(O)c(NS(C)(=O)=O)c2)cc1. The summed E-state index contributed by atoms with van der Waals surface area (Å²) >= 11 is 0. The Bertz CT molecular complexity index is 879. The van der Waals surface area contributed by atoms with Crippen molar-refractivity contribution < 1.29 is 23.4 Å². The smallest absolute Gasteiger partial charge is 0.229 e. The quantitative estimate of drug-likeness (QED) is 0.512. The molecule has 1 atom stereocenters. The number of nitrogens with one attached hydrogen (secondary N) is 2. The Morgan fingerprint density at radius 2 is 1.78 bits per heavy atom. The minimum atomic E-state index is -3.54. The molecule has 0 amide bonds. The Morgan fingerprint density at radius 3 is 2.33 bits per heavy atom. The number of sulfonamides is 1. The van der Waals surface area contributed by atoms with Crippen LogP contribution in [0.2, 0.25) is 0 Å². The molecule has 2 rings (SSSR count). The third-order valence-corrected chi connectivity index (χ3v) is 4.84. The maximum absolute atomic E-state index is 11.4. The lowest BCUT2D eigenvalue weighted by molar-refractivity contribution is 0.161. The van der Waals surface area contributed by atoms with E-state index in [0.29, 0.717) is 5.56 Å². The molecule has 0 bridgehead atoms. The highest BCUT2D eigenvalue weighted by Gasteiger charge is 2.22. The molecule has 0 saturated heterocycles. The van der Waals surface area contributed by atoms with Gasteiger partial charge < -0.3 is 20.3 Å². The second-order valence-electron chi connectivity index (χ2n) is 6.90. The zero-order valence-electron chi connectivity index (χ0n) is 15.9. The van der Waals surface area contributed by atoms with E-state index < -0.39 is 21.7 Å². The first kappa shape index (κ1) is 21.0. The molecule has 0 aromatic heterocycles. The van der Waals surface area contributed by atoms with Crippen LogP contribution >= 0.6 is 0 Å². The third-order valence-electron chi connectivity index (χ3n) is 4.25. The fourth-order valence-electron chi connectivity index (χ4n) is 2.62. The Labute approximate surface area is 160 Å². The Kier molecular flexibility index (Phi) is 6.35. The standard InChI is InChI=1S/C19H26N2O5S/c1-19(2,14-6-8-15(26-3)9-7-14)20-12-18(23)13-5-10-17(22)16(11-13)21-27(4,24)25/h5-11,18,20-23H,12H2,1-4H3/t18-/m0/s1. The number of benzene rings is 2. The fourth-order valence-corrected chi connectivity index (χ4v) is 3.18. The van der Waals surface area contributed by atoms with Gasteiger partial charge in [-0.15, -0.1) is 0 Å². The summed E-state index contributed by atoms with van der Waals surface area (Å²) in [6.45, 7) is 4.23. The van der Waals surface area contributed by atoms with Gasteiger partial charge in [0.25, 0.3) is 0 Å². The molecule has 27 heavy (non-hydrogen) atoms. The van der Waals surface area contributed by atoms with Gasteiger partial charge in [-0.2, -0.15) is 0 Å². The van der Waals surface area contributed by atoms with Crippen molar-refractivity contribution >= 4 is 15.7 Å². The van der Waals surface area contributed by atoms with Gasteiger partial charge in [-0.25, -0.2) is 8.42 Å². The summed E-state index contributed by atoms with van der Waals surface area (Å²) in [5.74, 6) is 0.562. The van der Waals surface area contributed by atoms with Gasteiger partial charge in [0.15, 0.2) is 0 Å². The molecule has 0 aliphatic heterocycles. The van der Waals surface area contributed by atoms with E-state index in [1.165, 1.54) is 12.1 Å². The number of phenols is 1. The second kappa shape index (κ2) is 8.16. The topological polar surface area (TPSA) is 108 Å². The van der Waals surface area contributed by atoms with E-state index in [0.717, 1.165) is 17.6 Å². The molecule has 0 saturated carbocycles. The molecule has 0 spiro atoms. The van der Waals surface area contributed by atoms with Crippen molar-refractivity contribution in [2.24, 2.45) is 0 Å². The number of aromatic hydroxyl groups is 1. The number of rotatable bonds is 8. The summed E-state index contributed by atoms with van der Waals surface area (Å²) in [5, 5.41) is 23.6. The number of hydrogen-bond donors (Lipinski definition) is 4. The van der Waals surface area contributed by atoms with E-state index >= 15 is 0 Å². The maximum atomic E-state index is 11.4. The van der Waals surface area contributed by atoms with Crippen LogP contribution in [0.25, 0.3) is 0 Å². The van der Waals surface area contributed by atoms with Gasteiger partial charge in [0, 0.05) is 12.1 Å². The van der Waals surface area contributed by atoms with Crippen LogP contribution in [-0.4, -0.2) is 38.5 Å². The molecule has 4 N–H and O–H groups in total. The van der Waals surface area contributed by atoms with Crippen molar-refractivity contribution in [3.8, 4) is 11.5 Å². The Morgan fingerprint density at radius 1 is 1.15 bits per heavy atom. The number of anilines is 1. The van der Waals surface area contributed by atoms with Crippen molar-refractivity contribution in [2.45, 2.75) is 25.5 Å². The third kappa shape index (κ3) is 5.85. The van der Waals surface area contributed by atoms with Crippen LogP contribution in [0.4, 0.5) is 5.69 Å². The molecule has 0 unspecified atom stereocenters. The first-order chi connectivity index (χ1) is 12.5. The Balaban J connectivity index is 2.10. The maximum Gasteiger partial charge on any atom is 0.229 e. The molecule has 0 heterocycles. The summed E-state index contributed by atoms with van der Waals surface area (Å²) < 4.78 is 30.2. The largest absolute Gasteiger partial charge is 0.506 e. The molecule has 7 nitrogen and oxygen atoms in total. The van der Waals surface area contributed by atoms with Crippen LogP contribution in [-0.2, 0) is 15.6 Å². The number of ether oxygens (including phenoxy) is 1. The zero-order valence-corrected chi connectivity index (χ0v) is 16.7. The molecule has 148 valence electrons. The van der Waals surface area contributed by atoms with Crippen molar-refractivity contribution in [1.29, 1.82) is 0 Å². The molecule has 0 aliphatic rings. The van der Waals surface area contributed by atoms with Gasteiger partial charge >= 0.3 is 0 Å². The number of aliphatic hydroxyl groups is 1. The number of methoxy groups -OCH3 is 1. The summed E-state index contributed by atoms with van der Waals surface area (Å²) in [5.41, 5.74) is 1.14. The lowest BCUT2D eigenvalue weighted by Gasteiger charge is -2.29. The minimum absolute atomic E-state index is 0.0310. The van der Waals surface area contributed by atoms with Crippen LogP contribution < -0.4 is 14.8 Å². The van der Waals surface area contributed by atoms with Crippen molar-refractivity contribution in [3.63, 3.8) is 0 Å². The molecule has 0 fully saturated rings. The highest BCUT2D eigenvalue weighted by molar-refractivity contribution is 7.92. The van der Waals surface area contributed by atoms with Gasteiger partial charge in [0.1, 0.15) is 11.5 Å². The van der Waals surface area contributed by atoms with E-state index in [1.54, 1.807) is 13.2 Å². The lowest BCUT2D eigenvalue weighted by Crippen LogP contribution is -2.39. The lowest BCUT2D eigenvalue weighted by atomic mass is 9.93. The van der Waals surface area contributed by atoms with E-state index in [4.69, 9.17) is 4.74 Å². The molecule has 0 aliphatic carbocycles. The average molecular weight is 394 g/mol. The fraction of sp³-hybridized carbons (Fsp3) is 0.368. The molecule has 2 aromatic carbocycles. The zero-order chi connectivity index (χ0) is 20.2. The average Bonchev–Trinajstić information content (AvgIpc) is 2.60. The van der Waals surface area contributed by atoms with E-state index in [1.807, 2.05) is 38.1 Å². The van der Waals surface area contributed by atoms with Gasteiger partial charge in [0.05, 0.1) is 25.2 Å². The van der Waals surface area contributed by atoms with E-state index in [2.05, 4.69) is 10.0 Å². The van der Waals surface area contributed by atoms with Gasteiger partial charge in [-0.05, 0) is 49.2 Å². The second-order valence-corrected chi connectivity index (χ2v) is 8.65. The number of phenolic OH excluding ortho intramolecular Hbond substituents is 1.